The first-order valence-corrected chi connectivity index (χ1v) is 5.46. The monoisotopic (exact) mass is 232 g/mol. The molecule has 0 bridgehead atoms. The highest BCUT2D eigenvalue weighted by atomic mass is 19.1. The lowest BCUT2D eigenvalue weighted by molar-refractivity contribution is 0.0695. The van der Waals surface area contributed by atoms with E-state index in [4.69, 9.17) is 5.11 Å². The molecule has 2 aromatic carbocycles. The van der Waals surface area contributed by atoms with Crippen molar-refractivity contribution in [3.63, 3.8) is 0 Å². The Morgan fingerprint density at radius 1 is 1.18 bits per heavy atom. The molecule has 2 nitrogen and oxygen atoms in total. The predicted octanol–water partition coefficient (Wildman–Crippen LogP) is 3.80. The van der Waals surface area contributed by atoms with E-state index in [0.717, 1.165) is 0 Å². The summed E-state index contributed by atoms with van der Waals surface area (Å²) in [5, 5.41) is 10.3. The molecule has 0 heterocycles. The van der Waals surface area contributed by atoms with Crippen LogP contribution in [0.25, 0.3) is 10.8 Å². The summed E-state index contributed by atoms with van der Waals surface area (Å²) in [6.07, 6.45) is 0. The lowest BCUT2D eigenvalue weighted by Gasteiger charge is -2.13. The molecule has 0 aliphatic heterocycles. The minimum absolute atomic E-state index is 0.0339. The zero-order valence-corrected chi connectivity index (χ0v) is 9.70. The van der Waals surface area contributed by atoms with Gasteiger partial charge in [0.15, 0.2) is 0 Å². The zero-order chi connectivity index (χ0) is 12.6. The maximum Gasteiger partial charge on any atom is 0.335 e. The van der Waals surface area contributed by atoms with E-state index < -0.39 is 5.97 Å². The molecule has 0 fully saturated rings. The number of benzene rings is 2. The first-order chi connectivity index (χ1) is 8.02. The van der Waals surface area contributed by atoms with Gasteiger partial charge in [-0.25, -0.2) is 9.18 Å². The lowest BCUT2D eigenvalue weighted by Crippen LogP contribution is -2.05. The van der Waals surface area contributed by atoms with E-state index in [0.29, 0.717) is 16.3 Å². The van der Waals surface area contributed by atoms with Crippen molar-refractivity contribution < 1.29 is 14.3 Å². The highest BCUT2D eigenvalue weighted by molar-refractivity contribution is 5.98. The number of halogens is 1. The Bertz CT molecular complexity index is 588. The smallest absolute Gasteiger partial charge is 0.335 e. The molecule has 0 aromatic heterocycles. The Hall–Kier alpha value is -1.90. The second-order valence-corrected chi connectivity index (χ2v) is 4.32. The van der Waals surface area contributed by atoms with Crippen molar-refractivity contribution in [2.75, 3.05) is 0 Å². The van der Waals surface area contributed by atoms with Gasteiger partial charge in [-0.2, -0.15) is 0 Å². The minimum atomic E-state index is -0.972. The fourth-order valence-corrected chi connectivity index (χ4v) is 2.15. The summed E-state index contributed by atoms with van der Waals surface area (Å²) in [6, 6.07) is 7.76. The normalized spacial score (nSPS) is 11.1. The minimum Gasteiger partial charge on any atom is -0.478 e. The summed E-state index contributed by atoms with van der Waals surface area (Å²) in [7, 11) is 0. The fourth-order valence-electron chi connectivity index (χ4n) is 2.15. The average Bonchev–Trinajstić information content (AvgIpc) is 2.27. The number of aromatic carboxylic acids is 1. The number of hydrogen-bond donors (Lipinski definition) is 1. The number of carboxylic acids is 1. The average molecular weight is 232 g/mol. The molecule has 17 heavy (non-hydrogen) atoms. The van der Waals surface area contributed by atoms with Crippen LogP contribution in [0.1, 0.15) is 35.7 Å². The van der Waals surface area contributed by atoms with Gasteiger partial charge in [-0.15, -0.1) is 0 Å². The van der Waals surface area contributed by atoms with Crippen LogP contribution in [0, 0.1) is 5.82 Å². The molecule has 0 spiro atoms. The van der Waals surface area contributed by atoms with Crippen LogP contribution in [0.15, 0.2) is 30.3 Å². The summed E-state index contributed by atoms with van der Waals surface area (Å²) in [4.78, 5) is 11.2. The van der Waals surface area contributed by atoms with Crippen LogP contribution >= 0.6 is 0 Å². The van der Waals surface area contributed by atoms with Crippen LogP contribution in [-0.2, 0) is 0 Å². The topological polar surface area (TPSA) is 37.3 Å². The highest BCUT2D eigenvalue weighted by Gasteiger charge is 2.16. The molecule has 0 radical (unpaired) electrons. The number of hydrogen-bond acceptors (Lipinski definition) is 1. The molecular formula is C14H13FO2. The summed E-state index contributed by atoms with van der Waals surface area (Å²) in [5.74, 6) is -1.26. The molecule has 0 amide bonds. The summed E-state index contributed by atoms with van der Waals surface area (Å²) < 4.78 is 13.6. The van der Waals surface area contributed by atoms with Gasteiger partial charge in [0.05, 0.1) is 5.56 Å². The van der Waals surface area contributed by atoms with E-state index in [2.05, 4.69) is 0 Å². The van der Waals surface area contributed by atoms with E-state index in [1.165, 1.54) is 18.2 Å². The van der Waals surface area contributed by atoms with Gasteiger partial charge in [0.1, 0.15) is 5.82 Å². The Balaban J connectivity index is 2.89. The van der Waals surface area contributed by atoms with Crippen molar-refractivity contribution in [2.24, 2.45) is 0 Å². The van der Waals surface area contributed by atoms with Crippen molar-refractivity contribution >= 4 is 16.7 Å². The molecule has 0 saturated heterocycles. The third kappa shape index (κ3) is 1.88. The van der Waals surface area contributed by atoms with E-state index in [9.17, 15) is 9.18 Å². The first kappa shape index (κ1) is 11.6. The van der Waals surface area contributed by atoms with Crippen molar-refractivity contribution in [1.82, 2.24) is 0 Å². The van der Waals surface area contributed by atoms with E-state index in [1.807, 2.05) is 13.8 Å². The molecule has 88 valence electrons. The van der Waals surface area contributed by atoms with E-state index in [-0.39, 0.29) is 17.3 Å². The van der Waals surface area contributed by atoms with Crippen LogP contribution in [-0.4, -0.2) is 11.1 Å². The maximum absolute atomic E-state index is 13.6. The Morgan fingerprint density at radius 3 is 2.47 bits per heavy atom. The van der Waals surface area contributed by atoms with Gasteiger partial charge < -0.3 is 5.11 Å². The number of rotatable bonds is 2. The lowest BCUT2D eigenvalue weighted by atomic mass is 9.91. The van der Waals surface area contributed by atoms with Gasteiger partial charge in [0.25, 0.3) is 0 Å². The molecule has 2 rings (SSSR count). The fraction of sp³-hybridized carbons (Fsp3) is 0.214. The molecule has 0 aliphatic rings. The Labute approximate surface area is 98.7 Å². The largest absolute Gasteiger partial charge is 0.478 e. The van der Waals surface area contributed by atoms with Crippen molar-refractivity contribution in [1.29, 1.82) is 0 Å². The third-order valence-electron chi connectivity index (χ3n) is 2.86. The van der Waals surface area contributed by atoms with Gasteiger partial charge in [0, 0.05) is 5.39 Å². The maximum atomic E-state index is 13.6. The van der Waals surface area contributed by atoms with Gasteiger partial charge in [-0.05, 0) is 29.0 Å². The standard InChI is InChI=1S/C14H13FO2/c1-8(2)13-10-4-3-5-12(15)9(10)6-7-11(13)14(16)17/h3-8H,1-2H3,(H,16,17). The predicted molar refractivity (Wildman–Crippen MR) is 65.0 cm³/mol. The molecule has 0 unspecified atom stereocenters. The Kier molecular flexibility index (Phi) is 2.84. The Morgan fingerprint density at radius 2 is 1.88 bits per heavy atom. The summed E-state index contributed by atoms with van der Waals surface area (Å²) in [5.41, 5.74) is 0.938. The summed E-state index contributed by atoms with van der Waals surface area (Å²) in [6.45, 7) is 3.82. The van der Waals surface area contributed by atoms with Crippen molar-refractivity contribution in [2.45, 2.75) is 19.8 Å². The van der Waals surface area contributed by atoms with Crippen LogP contribution in [0.3, 0.4) is 0 Å². The molecule has 0 aliphatic carbocycles. The second kappa shape index (κ2) is 4.17. The van der Waals surface area contributed by atoms with Gasteiger partial charge in [-0.3, -0.25) is 0 Å². The van der Waals surface area contributed by atoms with Gasteiger partial charge in [-0.1, -0.05) is 32.0 Å². The van der Waals surface area contributed by atoms with Crippen LogP contribution in [0.5, 0.6) is 0 Å². The first-order valence-electron chi connectivity index (χ1n) is 5.46. The molecule has 3 heteroatoms. The molecular weight excluding hydrogens is 219 g/mol. The molecule has 0 saturated carbocycles. The van der Waals surface area contributed by atoms with Crippen molar-refractivity contribution in [3.05, 3.63) is 47.3 Å². The second-order valence-electron chi connectivity index (χ2n) is 4.32. The van der Waals surface area contributed by atoms with Crippen LogP contribution < -0.4 is 0 Å². The van der Waals surface area contributed by atoms with Crippen molar-refractivity contribution in [3.8, 4) is 0 Å². The SMILES string of the molecule is CC(C)c1c(C(=O)O)ccc2c(F)cccc12. The quantitative estimate of drug-likeness (QED) is 0.855. The third-order valence-corrected chi connectivity index (χ3v) is 2.86. The zero-order valence-electron chi connectivity index (χ0n) is 9.70. The van der Waals surface area contributed by atoms with Gasteiger partial charge >= 0.3 is 5.97 Å². The summed E-state index contributed by atoms with van der Waals surface area (Å²) >= 11 is 0. The number of fused-ring (bicyclic) bond motifs is 1. The molecule has 2 aromatic rings. The molecule has 0 atom stereocenters. The van der Waals surface area contributed by atoms with Gasteiger partial charge in [0.2, 0.25) is 0 Å². The van der Waals surface area contributed by atoms with E-state index in [1.54, 1.807) is 12.1 Å². The van der Waals surface area contributed by atoms with Crippen LogP contribution in [0.4, 0.5) is 4.39 Å². The van der Waals surface area contributed by atoms with Crippen LogP contribution in [0.2, 0.25) is 0 Å². The number of carboxylic acid groups (broad SMARTS) is 1. The van der Waals surface area contributed by atoms with E-state index >= 15 is 0 Å². The highest BCUT2D eigenvalue weighted by Crippen LogP contribution is 2.30. The number of carbonyl (C=O) groups is 1. The molecule has 1 N–H and O–H groups in total.